The van der Waals surface area contributed by atoms with Crippen molar-refractivity contribution in [2.24, 2.45) is 0 Å². The van der Waals surface area contributed by atoms with Gasteiger partial charge in [0.25, 0.3) is 0 Å². The number of nitrogens with one attached hydrogen (secondary N) is 1. The highest BCUT2D eigenvalue weighted by atomic mass is 32.2. The van der Waals surface area contributed by atoms with Gasteiger partial charge in [-0.1, -0.05) is 13.2 Å². The Kier molecular flexibility index (Phi) is 21.1. The molecule has 2 saturated heterocycles. The number of esters is 2. The van der Waals surface area contributed by atoms with E-state index in [0.29, 0.717) is 9.80 Å². The predicted octanol–water partition coefficient (Wildman–Crippen LogP) is 3.75. The fourth-order valence-electron chi connectivity index (χ4n) is 5.20. The summed E-state index contributed by atoms with van der Waals surface area (Å²) in [5.74, 6) is -32.3. The normalized spacial score (nSPS) is 17.7. The number of hydrogen-bond acceptors (Lipinski definition) is 16. The van der Waals surface area contributed by atoms with Crippen LogP contribution in [0.1, 0.15) is 38.5 Å². The van der Waals surface area contributed by atoms with Gasteiger partial charge < -0.3 is 47.9 Å². The van der Waals surface area contributed by atoms with E-state index in [0.717, 1.165) is 0 Å². The summed E-state index contributed by atoms with van der Waals surface area (Å²) in [6.07, 6.45) is -19.7. The van der Waals surface area contributed by atoms with Crippen LogP contribution in [0.15, 0.2) is 24.8 Å². The molecular weight excluding hydrogens is 1030 g/mol. The molecule has 0 saturated carbocycles. The lowest BCUT2D eigenvalue weighted by atomic mass is 10.1. The van der Waals surface area contributed by atoms with Crippen LogP contribution < -0.4 is 5.32 Å². The number of piperazine rings is 1. The van der Waals surface area contributed by atoms with Gasteiger partial charge in [-0.15, -0.1) is 0 Å². The number of rotatable bonds is 22. The molecule has 2 fully saturated rings. The first-order valence-corrected chi connectivity index (χ1v) is 21.3. The van der Waals surface area contributed by atoms with Crippen molar-refractivity contribution in [3.63, 3.8) is 0 Å². The molecule has 0 aromatic rings. The van der Waals surface area contributed by atoms with Gasteiger partial charge in [0, 0.05) is 52.1 Å². The zero-order chi connectivity index (χ0) is 53.2. The molecule has 396 valence electrons. The Bertz CT molecular complexity index is 1890. The van der Waals surface area contributed by atoms with Crippen molar-refractivity contribution in [1.29, 1.82) is 0 Å². The Morgan fingerprint density at radius 2 is 0.868 bits per heavy atom. The lowest BCUT2D eigenvalue weighted by Crippen LogP contribution is -2.64. The van der Waals surface area contributed by atoms with Gasteiger partial charge in [-0.2, -0.15) is 70.2 Å². The number of carbonyl (C=O) groups excluding carboxylic acids is 4. The van der Waals surface area contributed by atoms with Crippen molar-refractivity contribution in [2.75, 3.05) is 65.7 Å². The standard InChI is InChI=1S/C16H20F8N2O7S.C16H19F8NO8S/c1-10(17)11(27)33-14(15(20,21)22,12(28)26-7-5-25-6-8-26)32-9-3-2-4-13(18,19)16(23,24)34(29,30)31;1-10(17)11(26)33-14(15(20,21)22,12(27)25-5-8-31-9-6-25)32-7-3-2-4-13(18,19)16(23,24)34(28,29)30/h25H,1-9H2,(H,29,30,31);1-9H2,(H,28,29,30)/p-2. The van der Waals surface area contributed by atoms with Crippen LogP contribution in [0.5, 0.6) is 0 Å². The van der Waals surface area contributed by atoms with Crippen LogP contribution in [0.2, 0.25) is 0 Å². The molecule has 2 heterocycles. The summed E-state index contributed by atoms with van der Waals surface area (Å²) in [5, 5.41) is -9.27. The van der Waals surface area contributed by atoms with Crippen LogP contribution in [-0.4, -0.2) is 171 Å². The number of hydrogen-bond donors (Lipinski definition) is 1. The van der Waals surface area contributed by atoms with E-state index < -0.39 is 167 Å². The van der Waals surface area contributed by atoms with Crippen molar-refractivity contribution < 1.29 is 139 Å². The molecule has 0 aromatic carbocycles. The minimum absolute atomic E-state index is 0.0371. The molecule has 0 aromatic heterocycles. The first-order valence-electron chi connectivity index (χ1n) is 18.5. The topological polar surface area (TPSA) is 247 Å². The summed E-state index contributed by atoms with van der Waals surface area (Å²) in [4.78, 5) is 49.2. The maximum atomic E-state index is 13.9. The van der Waals surface area contributed by atoms with E-state index in [1.807, 2.05) is 0 Å². The SMILES string of the molecule is C=C(F)C(=O)OC(OCCCCC(F)(F)C(F)(F)S(=O)(=O)[O-])(C(=O)N1CCNCC1)C(F)(F)F.C=C(F)C(=O)OC(OCCCCC(F)(F)C(F)(F)S(=O)(=O)[O-])(C(=O)N1CCOCC1)C(F)(F)F. The molecule has 36 heteroatoms. The first-order chi connectivity index (χ1) is 30.6. The zero-order valence-electron chi connectivity index (χ0n) is 34.1. The van der Waals surface area contributed by atoms with Crippen LogP contribution in [0.3, 0.4) is 0 Å². The molecule has 0 bridgehead atoms. The monoisotopic (exact) mass is 1070 g/mol. The minimum atomic E-state index is -6.77. The number of alkyl halides is 14. The van der Waals surface area contributed by atoms with E-state index in [1.54, 1.807) is 0 Å². The molecule has 68 heavy (non-hydrogen) atoms. The van der Waals surface area contributed by atoms with Gasteiger partial charge in [0.2, 0.25) is 11.7 Å². The zero-order valence-corrected chi connectivity index (χ0v) is 35.7. The fourth-order valence-corrected chi connectivity index (χ4v) is 6.14. The molecule has 2 aliphatic heterocycles. The lowest BCUT2D eigenvalue weighted by molar-refractivity contribution is -0.351. The number of halogens is 16. The molecular formula is C32H37F16N3O15S2-2. The predicted molar refractivity (Wildman–Crippen MR) is 186 cm³/mol. The molecule has 18 nitrogen and oxygen atoms in total. The van der Waals surface area contributed by atoms with Crippen molar-refractivity contribution in [2.45, 2.75) is 84.8 Å². The molecule has 2 rings (SSSR count). The van der Waals surface area contributed by atoms with E-state index in [4.69, 9.17) is 4.74 Å². The quantitative estimate of drug-likeness (QED) is 0.0405. The molecule has 2 unspecified atom stereocenters. The summed E-state index contributed by atoms with van der Waals surface area (Å²) < 4.78 is 299. The van der Waals surface area contributed by atoms with Crippen LogP contribution in [0.4, 0.5) is 70.2 Å². The van der Waals surface area contributed by atoms with Gasteiger partial charge in [-0.25, -0.2) is 26.4 Å². The Labute approximate surface area is 373 Å². The number of ether oxygens (including phenoxy) is 5. The largest absolute Gasteiger partial charge is 0.743 e. The van der Waals surface area contributed by atoms with Crippen molar-refractivity contribution in [3.8, 4) is 0 Å². The molecule has 1 N–H and O–H groups in total. The highest BCUT2D eigenvalue weighted by Crippen LogP contribution is 2.44. The second-order valence-corrected chi connectivity index (χ2v) is 16.6. The van der Waals surface area contributed by atoms with Crippen molar-refractivity contribution in [3.05, 3.63) is 24.8 Å². The van der Waals surface area contributed by atoms with E-state index in [2.05, 4.69) is 37.4 Å². The van der Waals surface area contributed by atoms with Crippen LogP contribution in [0, 0.1) is 0 Å². The number of nitrogens with zero attached hydrogens (tertiary/aromatic N) is 2. The van der Waals surface area contributed by atoms with E-state index >= 15 is 0 Å². The summed E-state index contributed by atoms with van der Waals surface area (Å²) in [6.45, 7) is 0.443. The smallest absolute Gasteiger partial charge is 0.466 e. The molecule has 2 aliphatic rings. The summed E-state index contributed by atoms with van der Waals surface area (Å²) in [6, 6.07) is 0. The summed E-state index contributed by atoms with van der Waals surface area (Å²) >= 11 is 0. The third kappa shape index (κ3) is 15.0. The number of carbonyl (C=O) groups is 4. The molecule has 2 atom stereocenters. The Hall–Kier alpha value is -4.10. The highest BCUT2D eigenvalue weighted by Gasteiger charge is 2.69. The number of morpholine rings is 1. The number of amides is 2. The van der Waals surface area contributed by atoms with Gasteiger partial charge >= 0.3 is 70.0 Å². The summed E-state index contributed by atoms with van der Waals surface area (Å²) in [7, 11) is -13.5. The lowest BCUT2D eigenvalue weighted by Gasteiger charge is -2.38. The summed E-state index contributed by atoms with van der Waals surface area (Å²) in [5.41, 5.74) is 0. The second-order valence-electron chi connectivity index (χ2n) is 13.7. The third-order valence-corrected chi connectivity index (χ3v) is 10.6. The van der Waals surface area contributed by atoms with Gasteiger partial charge in [-0.05, 0) is 25.7 Å². The van der Waals surface area contributed by atoms with Gasteiger partial charge in [0.1, 0.15) is 0 Å². The minimum Gasteiger partial charge on any atom is -0.743 e. The average molecular weight is 1070 g/mol. The Balaban J connectivity index is 0.000000680. The van der Waals surface area contributed by atoms with Crippen LogP contribution >= 0.6 is 0 Å². The highest BCUT2D eigenvalue weighted by molar-refractivity contribution is 7.87. The Morgan fingerprint density at radius 1 is 0.559 bits per heavy atom. The molecule has 0 radical (unpaired) electrons. The maximum absolute atomic E-state index is 13.9. The average Bonchev–Trinajstić information content (AvgIpc) is 3.20. The third-order valence-electron chi connectivity index (χ3n) is 8.79. The molecule has 0 spiro atoms. The molecule has 2 amide bonds. The van der Waals surface area contributed by atoms with Crippen LogP contribution in [0.25, 0.3) is 0 Å². The van der Waals surface area contributed by atoms with Gasteiger partial charge in [-0.3, -0.25) is 9.59 Å². The number of unbranched alkanes of at least 4 members (excludes halogenated alkanes) is 2. The molecule has 0 aliphatic carbocycles. The second kappa shape index (κ2) is 23.2. The van der Waals surface area contributed by atoms with Gasteiger partial charge in [0.05, 0.1) is 26.4 Å². The van der Waals surface area contributed by atoms with Crippen molar-refractivity contribution >= 4 is 44.0 Å². The Morgan fingerprint density at radius 3 is 1.15 bits per heavy atom. The van der Waals surface area contributed by atoms with Crippen LogP contribution in [-0.2, 0) is 63.1 Å². The first kappa shape index (κ1) is 61.9. The van der Waals surface area contributed by atoms with E-state index in [9.17, 15) is 115 Å². The maximum Gasteiger partial charge on any atom is 0.466 e. The van der Waals surface area contributed by atoms with E-state index in [1.165, 1.54) is 0 Å². The van der Waals surface area contributed by atoms with E-state index in [-0.39, 0.29) is 39.4 Å². The van der Waals surface area contributed by atoms with Crippen molar-refractivity contribution in [1.82, 2.24) is 15.1 Å². The fraction of sp³-hybridized carbons (Fsp3) is 0.750. The van der Waals surface area contributed by atoms with Gasteiger partial charge in [0.15, 0.2) is 20.2 Å².